The molecule has 10 atom stereocenters. The van der Waals surface area contributed by atoms with Crippen LogP contribution in [0.15, 0.2) is 0 Å². The molecule has 2 saturated heterocycles. The van der Waals surface area contributed by atoms with Crippen molar-refractivity contribution >= 4 is 21.6 Å². The average molecular weight is 839 g/mol. The van der Waals surface area contributed by atoms with Crippen molar-refractivity contribution in [1.82, 2.24) is 0 Å². The Hall–Kier alpha value is 0.300. The molecule has 0 aromatic rings. The molecular weight excluding hydrogens is 753 g/mol. The van der Waals surface area contributed by atoms with Gasteiger partial charge in [-0.05, 0) is 19.3 Å². The molecule has 10 nitrogen and oxygen atoms in total. The van der Waals surface area contributed by atoms with Crippen molar-refractivity contribution in [2.75, 3.05) is 19.0 Å². The summed E-state index contributed by atoms with van der Waals surface area (Å²) < 4.78 is 23.4. The van der Waals surface area contributed by atoms with E-state index >= 15 is 0 Å². The number of aliphatic hydroxyl groups is 6. The molecule has 10 unspecified atom stereocenters. The molecule has 2 fully saturated rings. The predicted octanol–water partition coefficient (Wildman–Crippen LogP) is 9.33. The van der Waals surface area contributed by atoms with Gasteiger partial charge in [0.1, 0.15) is 42.1 Å². The van der Waals surface area contributed by atoms with E-state index < -0.39 is 60.7 Å². The molecule has 12 heteroatoms. The van der Waals surface area contributed by atoms with E-state index in [1.165, 1.54) is 163 Å². The molecule has 0 saturated carbocycles. The second-order valence-corrected chi connectivity index (χ2v) is 19.1. The maximum absolute atomic E-state index is 10.6. The summed E-state index contributed by atoms with van der Waals surface area (Å²) in [5, 5.41) is 63.2. The highest BCUT2D eigenvalue weighted by Crippen LogP contribution is 2.37. The summed E-state index contributed by atoms with van der Waals surface area (Å²) in [4.78, 5) is 0. The SMILES string of the molecule is CCCCCCCCCCCCCCCCOC1OC(CCSSC2OC(OCCCCCCCCCCCCCCCC)C(O)C(O)C2O)C(O)C(O)C1O. The summed E-state index contributed by atoms with van der Waals surface area (Å²) in [7, 11) is 2.58. The van der Waals surface area contributed by atoms with Crippen LogP contribution in [0.3, 0.4) is 0 Å². The molecule has 334 valence electrons. The van der Waals surface area contributed by atoms with E-state index in [2.05, 4.69) is 13.8 Å². The number of aliphatic hydroxyl groups excluding tert-OH is 6. The first kappa shape index (κ1) is 52.4. The number of ether oxygens (including phenoxy) is 4. The molecule has 2 aliphatic rings. The lowest BCUT2D eigenvalue weighted by atomic mass is 9.97. The normalized spacial score (nSPS) is 28.3. The van der Waals surface area contributed by atoms with E-state index in [-0.39, 0.29) is 0 Å². The minimum absolute atomic E-state index is 0.356. The summed E-state index contributed by atoms with van der Waals surface area (Å²) in [5.41, 5.74) is -0.828. The van der Waals surface area contributed by atoms with Gasteiger partial charge in [-0.3, -0.25) is 0 Å². The second-order valence-electron chi connectivity index (χ2n) is 16.5. The Morgan fingerprint density at radius 3 is 1.12 bits per heavy atom. The van der Waals surface area contributed by atoms with Crippen molar-refractivity contribution in [2.24, 2.45) is 0 Å². The molecule has 0 spiro atoms. The smallest absolute Gasteiger partial charge is 0.187 e. The highest BCUT2D eigenvalue weighted by atomic mass is 33.1. The van der Waals surface area contributed by atoms with Crippen molar-refractivity contribution in [3.05, 3.63) is 0 Å². The Morgan fingerprint density at radius 1 is 0.393 bits per heavy atom. The van der Waals surface area contributed by atoms with Crippen LogP contribution < -0.4 is 0 Å². The Kier molecular flexibility index (Phi) is 32.7. The molecule has 6 N–H and O–H groups in total. The molecule has 2 aliphatic heterocycles. The van der Waals surface area contributed by atoms with E-state index in [9.17, 15) is 30.6 Å². The second kappa shape index (κ2) is 35.0. The molecule has 0 radical (unpaired) electrons. The summed E-state index contributed by atoms with van der Waals surface area (Å²) in [5.74, 6) is 0.469. The summed E-state index contributed by atoms with van der Waals surface area (Å²) in [6.07, 6.45) is 24.9. The number of hydrogen-bond acceptors (Lipinski definition) is 12. The van der Waals surface area contributed by atoms with E-state index in [1.54, 1.807) is 0 Å². The fraction of sp³-hybridized carbons (Fsp3) is 1.00. The van der Waals surface area contributed by atoms with Gasteiger partial charge in [0, 0.05) is 19.0 Å². The van der Waals surface area contributed by atoms with Gasteiger partial charge < -0.3 is 49.6 Å². The van der Waals surface area contributed by atoms with Crippen LogP contribution >= 0.6 is 21.6 Å². The lowest BCUT2D eigenvalue weighted by Gasteiger charge is -2.40. The molecule has 0 aromatic carbocycles. The van der Waals surface area contributed by atoms with Gasteiger partial charge in [-0.1, -0.05) is 202 Å². The number of rotatable bonds is 37. The minimum atomic E-state index is -1.40. The van der Waals surface area contributed by atoms with Gasteiger partial charge in [-0.2, -0.15) is 0 Å². The Balaban J connectivity index is 1.54. The fourth-order valence-electron chi connectivity index (χ4n) is 7.60. The Morgan fingerprint density at radius 2 is 0.732 bits per heavy atom. The van der Waals surface area contributed by atoms with Crippen LogP contribution in [0.25, 0.3) is 0 Å². The molecular formula is C44H86O10S2. The zero-order valence-electron chi connectivity index (χ0n) is 35.5. The quantitative estimate of drug-likeness (QED) is 0.0261. The Labute approximate surface area is 349 Å². The summed E-state index contributed by atoms with van der Waals surface area (Å²) >= 11 is 0. The van der Waals surface area contributed by atoms with Gasteiger partial charge in [0.25, 0.3) is 0 Å². The van der Waals surface area contributed by atoms with Crippen molar-refractivity contribution in [3.63, 3.8) is 0 Å². The van der Waals surface area contributed by atoms with Crippen LogP contribution in [0.4, 0.5) is 0 Å². The van der Waals surface area contributed by atoms with Crippen molar-refractivity contribution in [1.29, 1.82) is 0 Å². The standard InChI is InChI=1S/C44H86O10S2/c1-3-5-7-9-11-13-15-17-19-21-23-25-27-29-32-51-42-39(48)37(46)36(45)35(53-42)31-34-55-56-44-41(50)38(47)40(49)43(54-44)52-33-30-28-26-24-22-20-18-16-14-12-10-8-6-4-2/h35-50H,3-34H2,1-2H3. The first-order valence-corrected chi connectivity index (χ1v) is 25.6. The van der Waals surface area contributed by atoms with Gasteiger partial charge in [0.15, 0.2) is 12.6 Å². The van der Waals surface area contributed by atoms with E-state index in [0.29, 0.717) is 25.4 Å². The zero-order valence-corrected chi connectivity index (χ0v) is 37.2. The monoisotopic (exact) mass is 839 g/mol. The lowest BCUT2D eigenvalue weighted by molar-refractivity contribution is -0.296. The van der Waals surface area contributed by atoms with Crippen molar-refractivity contribution in [3.8, 4) is 0 Å². The van der Waals surface area contributed by atoms with Crippen LogP contribution in [0, 0.1) is 0 Å². The lowest BCUT2D eigenvalue weighted by Crippen LogP contribution is -2.58. The maximum atomic E-state index is 10.6. The van der Waals surface area contributed by atoms with Gasteiger partial charge >= 0.3 is 0 Å². The van der Waals surface area contributed by atoms with Gasteiger partial charge in [-0.15, -0.1) is 0 Å². The third-order valence-corrected chi connectivity index (χ3v) is 14.0. The molecule has 2 heterocycles. The van der Waals surface area contributed by atoms with Crippen LogP contribution in [0.1, 0.15) is 200 Å². The molecule has 0 aliphatic carbocycles. The highest BCUT2D eigenvalue weighted by molar-refractivity contribution is 8.76. The predicted molar refractivity (Wildman–Crippen MR) is 231 cm³/mol. The first-order chi connectivity index (χ1) is 27.3. The molecule has 56 heavy (non-hydrogen) atoms. The third kappa shape index (κ3) is 23.3. The van der Waals surface area contributed by atoms with Gasteiger partial charge in [0.2, 0.25) is 0 Å². The van der Waals surface area contributed by atoms with E-state index in [0.717, 1.165) is 38.5 Å². The summed E-state index contributed by atoms with van der Waals surface area (Å²) in [6.45, 7) is 5.33. The molecule has 0 amide bonds. The third-order valence-electron chi connectivity index (χ3n) is 11.4. The van der Waals surface area contributed by atoms with Gasteiger partial charge in [-0.25, -0.2) is 0 Å². The van der Waals surface area contributed by atoms with Crippen LogP contribution in [-0.2, 0) is 18.9 Å². The van der Waals surface area contributed by atoms with Crippen LogP contribution in [0.5, 0.6) is 0 Å². The fourth-order valence-corrected chi connectivity index (χ4v) is 10.0. The van der Waals surface area contributed by atoms with Gasteiger partial charge in [0.05, 0.1) is 6.10 Å². The Bertz CT molecular complexity index is 810. The van der Waals surface area contributed by atoms with Crippen LogP contribution in [-0.4, -0.2) is 110 Å². The zero-order chi connectivity index (χ0) is 40.6. The first-order valence-electron chi connectivity index (χ1n) is 23.2. The molecule has 0 aromatic heterocycles. The van der Waals surface area contributed by atoms with E-state index in [1.807, 2.05) is 0 Å². The maximum Gasteiger partial charge on any atom is 0.187 e. The number of unbranched alkanes of at least 4 members (excludes halogenated alkanes) is 26. The average Bonchev–Trinajstić information content (AvgIpc) is 3.20. The minimum Gasteiger partial charge on any atom is -0.388 e. The van der Waals surface area contributed by atoms with Crippen molar-refractivity contribution < 1.29 is 49.6 Å². The number of hydrogen-bond donors (Lipinski definition) is 6. The molecule has 0 bridgehead atoms. The van der Waals surface area contributed by atoms with Crippen LogP contribution in [0.2, 0.25) is 0 Å². The van der Waals surface area contributed by atoms with Crippen molar-refractivity contribution in [2.45, 2.75) is 261 Å². The molecule has 2 rings (SSSR count). The largest absolute Gasteiger partial charge is 0.388 e. The highest BCUT2D eigenvalue weighted by Gasteiger charge is 2.46. The van der Waals surface area contributed by atoms with E-state index in [4.69, 9.17) is 18.9 Å². The summed E-state index contributed by atoms with van der Waals surface area (Å²) in [6, 6.07) is 0. The topological polar surface area (TPSA) is 158 Å².